The highest BCUT2D eigenvalue weighted by Crippen LogP contribution is 2.28. The summed E-state index contributed by atoms with van der Waals surface area (Å²) in [6, 6.07) is 9.74. The number of hydrogen-bond donors (Lipinski definition) is 2. The molecule has 3 N–H and O–H groups in total. The predicted molar refractivity (Wildman–Crippen MR) is 86.4 cm³/mol. The van der Waals surface area contributed by atoms with Crippen molar-refractivity contribution >= 4 is 40.5 Å². The second-order valence-electron chi connectivity index (χ2n) is 4.26. The van der Waals surface area contributed by atoms with E-state index < -0.39 is 0 Å². The molecule has 0 aliphatic rings. The first-order valence-corrected chi connectivity index (χ1v) is 7.05. The van der Waals surface area contributed by atoms with Crippen molar-refractivity contribution < 1.29 is 9.53 Å². The summed E-state index contributed by atoms with van der Waals surface area (Å²) in [6.07, 6.45) is 0. The Bertz CT molecular complexity index is 675. The summed E-state index contributed by atoms with van der Waals surface area (Å²) in [5.74, 6) is 0.243. The molecular weight excluding hydrogens is 311 g/mol. The molecule has 2 rings (SSSR count). The van der Waals surface area contributed by atoms with Crippen molar-refractivity contribution in [2.24, 2.45) is 0 Å². The molecule has 0 bridgehead atoms. The molecule has 21 heavy (non-hydrogen) atoms. The van der Waals surface area contributed by atoms with E-state index in [0.29, 0.717) is 39.3 Å². The van der Waals surface area contributed by atoms with Gasteiger partial charge in [-0.1, -0.05) is 23.2 Å². The molecule has 110 valence electrons. The third-order valence-corrected chi connectivity index (χ3v) is 3.28. The standard InChI is InChI=1S/C15H14Cl2N2O2/c1-2-21-14-6-4-10(8-12(14)17)19-15(20)11-5-3-9(16)7-13(11)18/h3-8H,2,18H2,1H3,(H,19,20). The third-order valence-electron chi connectivity index (χ3n) is 2.75. The van der Waals surface area contributed by atoms with Crippen molar-refractivity contribution in [1.29, 1.82) is 0 Å². The predicted octanol–water partition coefficient (Wildman–Crippen LogP) is 4.23. The Morgan fingerprint density at radius 2 is 2.00 bits per heavy atom. The lowest BCUT2D eigenvalue weighted by Crippen LogP contribution is -2.14. The first-order valence-electron chi connectivity index (χ1n) is 6.30. The summed E-state index contributed by atoms with van der Waals surface area (Å²) in [5, 5.41) is 3.64. The summed E-state index contributed by atoms with van der Waals surface area (Å²) in [6.45, 7) is 2.39. The number of carbonyl (C=O) groups is 1. The summed E-state index contributed by atoms with van der Waals surface area (Å²) < 4.78 is 5.33. The van der Waals surface area contributed by atoms with Gasteiger partial charge in [0.1, 0.15) is 5.75 Å². The van der Waals surface area contributed by atoms with Crippen LogP contribution in [0.4, 0.5) is 11.4 Å². The number of rotatable bonds is 4. The Morgan fingerprint density at radius 3 is 2.62 bits per heavy atom. The molecule has 2 aromatic carbocycles. The van der Waals surface area contributed by atoms with Gasteiger partial charge in [-0.15, -0.1) is 0 Å². The maximum Gasteiger partial charge on any atom is 0.257 e. The van der Waals surface area contributed by atoms with Gasteiger partial charge in [-0.2, -0.15) is 0 Å². The average Bonchev–Trinajstić information content (AvgIpc) is 2.41. The molecule has 0 saturated carbocycles. The number of nitrogen functional groups attached to an aromatic ring is 1. The second kappa shape index (κ2) is 6.70. The van der Waals surface area contributed by atoms with Gasteiger partial charge in [0.05, 0.1) is 17.2 Å². The number of amides is 1. The fourth-order valence-electron chi connectivity index (χ4n) is 1.79. The van der Waals surface area contributed by atoms with Crippen molar-refractivity contribution in [2.75, 3.05) is 17.7 Å². The van der Waals surface area contributed by atoms with E-state index in [9.17, 15) is 4.79 Å². The topological polar surface area (TPSA) is 64.3 Å². The summed E-state index contributed by atoms with van der Waals surface area (Å²) in [7, 11) is 0. The number of nitrogens with one attached hydrogen (secondary N) is 1. The fraction of sp³-hybridized carbons (Fsp3) is 0.133. The molecule has 0 heterocycles. The number of carbonyl (C=O) groups excluding carboxylic acids is 1. The van der Waals surface area contributed by atoms with E-state index in [1.54, 1.807) is 30.3 Å². The maximum absolute atomic E-state index is 12.2. The number of benzene rings is 2. The Balaban J connectivity index is 2.17. The van der Waals surface area contributed by atoms with Crippen molar-refractivity contribution in [2.45, 2.75) is 6.92 Å². The zero-order valence-corrected chi connectivity index (χ0v) is 12.8. The first-order chi connectivity index (χ1) is 10.0. The lowest BCUT2D eigenvalue weighted by atomic mass is 10.1. The van der Waals surface area contributed by atoms with Gasteiger partial charge in [-0.25, -0.2) is 0 Å². The molecular formula is C15H14Cl2N2O2. The van der Waals surface area contributed by atoms with Crippen LogP contribution in [0.1, 0.15) is 17.3 Å². The highest BCUT2D eigenvalue weighted by molar-refractivity contribution is 6.32. The van der Waals surface area contributed by atoms with Crippen LogP contribution >= 0.6 is 23.2 Å². The number of ether oxygens (including phenoxy) is 1. The van der Waals surface area contributed by atoms with Gasteiger partial charge in [-0.05, 0) is 43.3 Å². The molecule has 0 aliphatic carbocycles. The molecule has 0 fully saturated rings. The van der Waals surface area contributed by atoms with Gasteiger partial charge < -0.3 is 15.8 Å². The van der Waals surface area contributed by atoms with Crippen molar-refractivity contribution in [3.05, 3.63) is 52.0 Å². The van der Waals surface area contributed by atoms with E-state index >= 15 is 0 Å². The molecule has 0 aliphatic heterocycles. The zero-order valence-electron chi connectivity index (χ0n) is 11.3. The normalized spacial score (nSPS) is 10.2. The van der Waals surface area contributed by atoms with Crippen LogP contribution in [0.2, 0.25) is 10.0 Å². The number of anilines is 2. The highest BCUT2D eigenvalue weighted by atomic mass is 35.5. The van der Waals surface area contributed by atoms with Crippen molar-refractivity contribution in [3.63, 3.8) is 0 Å². The summed E-state index contributed by atoms with van der Waals surface area (Å²) in [4.78, 5) is 12.2. The van der Waals surface area contributed by atoms with Crippen molar-refractivity contribution in [1.82, 2.24) is 0 Å². The first kappa shape index (κ1) is 15.5. The van der Waals surface area contributed by atoms with E-state index in [2.05, 4.69) is 5.32 Å². The molecule has 0 saturated heterocycles. The third kappa shape index (κ3) is 3.80. The molecule has 6 heteroatoms. The molecule has 0 atom stereocenters. The molecule has 0 aromatic heterocycles. The van der Waals surface area contributed by atoms with E-state index in [-0.39, 0.29) is 5.91 Å². The highest BCUT2D eigenvalue weighted by Gasteiger charge is 2.11. The molecule has 2 aromatic rings. The minimum Gasteiger partial charge on any atom is -0.492 e. The summed E-state index contributed by atoms with van der Waals surface area (Å²) >= 11 is 11.9. The van der Waals surface area contributed by atoms with Gasteiger partial charge in [0.25, 0.3) is 5.91 Å². The summed E-state index contributed by atoms with van der Waals surface area (Å²) in [5.41, 5.74) is 7.00. The van der Waals surface area contributed by atoms with Crippen LogP contribution in [0, 0.1) is 0 Å². The monoisotopic (exact) mass is 324 g/mol. The number of hydrogen-bond acceptors (Lipinski definition) is 3. The van der Waals surface area contributed by atoms with Crippen LogP contribution in [0.5, 0.6) is 5.75 Å². The van der Waals surface area contributed by atoms with Gasteiger partial charge in [0.15, 0.2) is 0 Å². The van der Waals surface area contributed by atoms with Gasteiger partial charge in [0, 0.05) is 16.4 Å². The van der Waals surface area contributed by atoms with Crippen LogP contribution in [-0.2, 0) is 0 Å². The smallest absolute Gasteiger partial charge is 0.257 e. The van der Waals surface area contributed by atoms with E-state index in [1.807, 2.05) is 6.92 Å². The Morgan fingerprint density at radius 1 is 1.24 bits per heavy atom. The quantitative estimate of drug-likeness (QED) is 0.827. The average molecular weight is 325 g/mol. The Labute approximate surface area is 132 Å². The number of nitrogens with two attached hydrogens (primary N) is 1. The number of halogens is 2. The van der Waals surface area contributed by atoms with Gasteiger partial charge >= 0.3 is 0 Å². The minimum atomic E-state index is -0.329. The van der Waals surface area contributed by atoms with Crippen LogP contribution in [0.15, 0.2) is 36.4 Å². The Kier molecular flexibility index (Phi) is 4.94. The second-order valence-corrected chi connectivity index (χ2v) is 5.11. The lowest BCUT2D eigenvalue weighted by molar-refractivity contribution is 0.102. The Hall–Kier alpha value is -1.91. The van der Waals surface area contributed by atoms with Gasteiger partial charge in [-0.3, -0.25) is 4.79 Å². The largest absolute Gasteiger partial charge is 0.492 e. The van der Waals surface area contributed by atoms with Crippen LogP contribution in [0.25, 0.3) is 0 Å². The van der Waals surface area contributed by atoms with Crippen LogP contribution in [-0.4, -0.2) is 12.5 Å². The molecule has 0 radical (unpaired) electrons. The van der Waals surface area contributed by atoms with E-state index in [1.165, 1.54) is 6.07 Å². The fourth-order valence-corrected chi connectivity index (χ4v) is 2.21. The van der Waals surface area contributed by atoms with Crippen LogP contribution < -0.4 is 15.8 Å². The van der Waals surface area contributed by atoms with Gasteiger partial charge in [0.2, 0.25) is 0 Å². The molecule has 0 unspecified atom stereocenters. The zero-order chi connectivity index (χ0) is 15.4. The molecule has 4 nitrogen and oxygen atoms in total. The SMILES string of the molecule is CCOc1ccc(NC(=O)c2ccc(Cl)cc2N)cc1Cl. The van der Waals surface area contributed by atoms with Crippen molar-refractivity contribution in [3.8, 4) is 5.75 Å². The lowest BCUT2D eigenvalue weighted by Gasteiger charge is -2.10. The van der Waals surface area contributed by atoms with E-state index in [0.717, 1.165) is 0 Å². The molecule has 1 amide bonds. The minimum absolute atomic E-state index is 0.317. The molecule has 0 spiro atoms. The van der Waals surface area contributed by atoms with Crippen LogP contribution in [0.3, 0.4) is 0 Å². The van der Waals surface area contributed by atoms with E-state index in [4.69, 9.17) is 33.7 Å². The maximum atomic E-state index is 12.2.